The lowest BCUT2D eigenvalue weighted by molar-refractivity contribution is 0.0431. The third-order valence-electron chi connectivity index (χ3n) is 3.46. The van der Waals surface area contributed by atoms with Crippen LogP contribution in [0.25, 0.3) is 0 Å². The molecule has 1 atom stereocenters. The molecule has 0 aromatic rings. The minimum absolute atomic E-state index is 0.379. The number of hydrogen-bond donors (Lipinski definition) is 0. The summed E-state index contributed by atoms with van der Waals surface area (Å²) in [5.74, 6) is 0. The Morgan fingerprint density at radius 2 is 2.15 bits per heavy atom. The van der Waals surface area contributed by atoms with E-state index in [1.54, 1.807) is 0 Å². The zero-order valence-electron chi connectivity index (χ0n) is 9.05. The van der Waals surface area contributed by atoms with Crippen molar-refractivity contribution in [2.75, 3.05) is 20.2 Å². The summed E-state index contributed by atoms with van der Waals surface area (Å²) in [5, 5.41) is 0. The quantitative estimate of drug-likeness (QED) is 0.662. The van der Waals surface area contributed by atoms with Gasteiger partial charge in [-0.3, -0.25) is 0 Å². The predicted octanol–water partition coefficient (Wildman–Crippen LogP) is 1.90. The molecule has 1 spiro atoms. The van der Waals surface area contributed by atoms with Gasteiger partial charge in [-0.2, -0.15) is 0 Å². The second-order valence-corrected chi connectivity index (χ2v) is 5.16. The summed E-state index contributed by atoms with van der Waals surface area (Å²) >= 11 is 0. The van der Waals surface area contributed by atoms with Crippen molar-refractivity contribution in [3.8, 4) is 0 Å². The fraction of sp³-hybridized carbons (Fsp3) is 1.00. The molecule has 2 aliphatic rings. The van der Waals surface area contributed by atoms with Gasteiger partial charge >= 0.3 is 0 Å². The largest absolute Gasteiger partial charge is 0.377 e. The van der Waals surface area contributed by atoms with Crippen LogP contribution in [0.4, 0.5) is 0 Å². The molecule has 1 unspecified atom stereocenters. The van der Waals surface area contributed by atoms with Gasteiger partial charge in [-0.25, -0.2) is 0 Å². The maximum Gasteiger partial charge on any atom is 0.0625 e. The molecule has 2 fully saturated rings. The Morgan fingerprint density at radius 1 is 1.46 bits per heavy atom. The van der Waals surface area contributed by atoms with Crippen molar-refractivity contribution < 1.29 is 4.74 Å². The standard InChI is InChI=1S/C11H21NO/c1-9(2)13-7-10-6-11(4-5-11)8-12(10)3/h9-10H,4-8H2,1-3H3. The minimum Gasteiger partial charge on any atom is -0.377 e. The van der Waals surface area contributed by atoms with Crippen LogP contribution in [-0.4, -0.2) is 37.2 Å². The molecule has 2 nitrogen and oxygen atoms in total. The normalized spacial score (nSPS) is 31.8. The van der Waals surface area contributed by atoms with Gasteiger partial charge in [-0.05, 0) is 45.6 Å². The second kappa shape index (κ2) is 3.25. The number of hydrogen-bond acceptors (Lipinski definition) is 2. The van der Waals surface area contributed by atoms with E-state index in [1.165, 1.54) is 25.8 Å². The van der Waals surface area contributed by atoms with E-state index in [1.807, 2.05) is 0 Å². The number of ether oxygens (including phenoxy) is 1. The highest BCUT2D eigenvalue weighted by molar-refractivity contribution is 5.03. The van der Waals surface area contributed by atoms with Gasteiger partial charge < -0.3 is 9.64 Å². The summed E-state index contributed by atoms with van der Waals surface area (Å²) < 4.78 is 5.68. The average Bonchev–Trinajstić information content (AvgIpc) is 2.69. The third-order valence-corrected chi connectivity index (χ3v) is 3.46. The molecule has 0 N–H and O–H groups in total. The van der Waals surface area contributed by atoms with Gasteiger partial charge in [-0.15, -0.1) is 0 Å². The first kappa shape index (κ1) is 9.47. The van der Waals surface area contributed by atoms with E-state index in [2.05, 4.69) is 25.8 Å². The summed E-state index contributed by atoms with van der Waals surface area (Å²) in [6.07, 6.45) is 4.66. The van der Waals surface area contributed by atoms with Crippen LogP contribution in [0, 0.1) is 5.41 Å². The molecule has 1 saturated carbocycles. The lowest BCUT2D eigenvalue weighted by Gasteiger charge is -2.20. The molecule has 0 amide bonds. The molecule has 0 radical (unpaired) electrons. The number of likely N-dealkylation sites (N-methyl/N-ethyl adjacent to an activating group) is 1. The zero-order chi connectivity index (χ0) is 9.47. The van der Waals surface area contributed by atoms with Crippen molar-refractivity contribution in [1.29, 1.82) is 0 Å². The minimum atomic E-state index is 0.379. The molecule has 2 rings (SSSR count). The smallest absolute Gasteiger partial charge is 0.0625 e. The number of rotatable bonds is 3. The molecular weight excluding hydrogens is 162 g/mol. The van der Waals surface area contributed by atoms with Crippen molar-refractivity contribution in [3.63, 3.8) is 0 Å². The molecule has 1 aliphatic heterocycles. The van der Waals surface area contributed by atoms with Crippen LogP contribution in [0.1, 0.15) is 33.1 Å². The molecular formula is C11H21NO. The van der Waals surface area contributed by atoms with E-state index in [0.717, 1.165) is 12.0 Å². The van der Waals surface area contributed by atoms with Gasteiger partial charge in [0.1, 0.15) is 0 Å². The van der Waals surface area contributed by atoms with Crippen LogP contribution >= 0.6 is 0 Å². The van der Waals surface area contributed by atoms with E-state index < -0.39 is 0 Å². The first-order valence-corrected chi connectivity index (χ1v) is 5.43. The summed E-state index contributed by atoms with van der Waals surface area (Å²) in [6, 6.07) is 0.685. The lowest BCUT2D eigenvalue weighted by atomic mass is 10.0. The van der Waals surface area contributed by atoms with Crippen LogP contribution in [0.2, 0.25) is 0 Å². The Morgan fingerprint density at radius 3 is 2.62 bits per heavy atom. The van der Waals surface area contributed by atoms with Crippen molar-refractivity contribution >= 4 is 0 Å². The SMILES string of the molecule is CC(C)OCC1CC2(CC2)CN1C. The molecule has 1 heterocycles. The molecule has 76 valence electrons. The zero-order valence-corrected chi connectivity index (χ0v) is 9.05. The number of nitrogens with zero attached hydrogens (tertiary/aromatic N) is 1. The molecule has 1 saturated heterocycles. The number of likely N-dealkylation sites (tertiary alicyclic amines) is 1. The van der Waals surface area contributed by atoms with Crippen LogP contribution in [0.5, 0.6) is 0 Å². The van der Waals surface area contributed by atoms with Crippen LogP contribution in [0.15, 0.2) is 0 Å². The maximum absolute atomic E-state index is 5.68. The topological polar surface area (TPSA) is 12.5 Å². The van der Waals surface area contributed by atoms with Crippen LogP contribution in [0.3, 0.4) is 0 Å². The summed E-state index contributed by atoms with van der Waals surface area (Å²) in [6.45, 7) is 6.46. The summed E-state index contributed by atoms with van der Waals surface area (Å²) in [4.78, 5) is 2.48. The third kappa shape index (κ3) is 2.05. The molecule has 1 aliphatic carbocycles. The molecule has 0 bridgehead atoms. The first-order valence-electron chi connectivity index (χ1n) is 5.43. The molecule has 2 heteroatoms. The summed E-state index contributed by atoms with van der Waals surface area (Å²) in [7, 11) is 2.24. The fourth-order valence-electron chi connectivity index (χ4n) is 2.41. The highest BCUT2D eigenvalue weighted by atomic mass is 16.5. The van der Waals surface area contributed by atoms with E-state index in [4.69, 9.17) is 4.74 Å². The summed E-state index contributed by atoms with van der Waals surface area (Å²) in [5.41, 5.74) is 0.722. The van der Waals surface area contributed by atoms with Gasteiger partial charge in [0.15, 0.2) is 0 Å². The molecule has 0 aromatic heterocycles. The Hall–Kier alpha value is -0.0800. The van der Waals surface area contributed by atoms with E-state index in [9.17, 15) is 0 Å². The second-order valence-electron chi connectivity index (χ2n) is 5.16. The van der Waals surface area contributed by atoms with Crippen molar-refractivity contribution in [2.24, 2.45) is 5.41 Å². The van der Waals surface area contributed by atoms with E-state index in [0.29, 0.717) is 12.1 Å². The highest BCUT2D eigenvalue weighted by Gasteiger charge is 2.50. The van der Waals surface area contributed by atoms with Gasteiger partial charge in [0.05, 0.1) is 12.7 Å². The van der Waals surface area contributed by atoms with Crippen LogP contribution in [-0.2, 0) is 4.74 Å². The maximum atomic E-state index is 5.68. The first-order chi connectivity index (χ1) is 6.11. The molecule has 0 aromatic carbocycles. The van der Waals surface area contributed by atoms with Gasteiger partial charge in [0, 0.05) is 12.6 Å². The predicted molar refractivity (Wildman–Crippen MR) is 53.8 cm³/mol. The molecule has 13 heavy (non-hydrogen) atoms. The van der Waals surface area contributed by atoms with E-state index >= 15 is 0 Å². The Bertz CT molecular complexity index is 187. The average molecular weight is 183 g/mol. The van der Waals surface area contributed by atoms with Gasteiger partial charge in [-0.1, -0.05) is 0 Å². The Labute approximate surface area is 81.3 Å². The van der Waals surface area contributed by atoms with Crippen molar-refractivity contribution in [2.45, 2.75) is 45.3 Å². The van der Waals surface area contributed by atoms with Gasteiger partial charge in [0.25, 0.3) is 0 Å². The van der Waals surface area contributed by atoms with Gasteiger partial charge in [0.2, 0.25) is 0 Å². The Kier molecular flexibility index (Phi) is 2.37. The lowest BCUT2D eigenvalue weighted by Crippen LogP contribution is -2.30. The van der Waals surface area contributed by atoms with E-state index in [-0.39, 0.29) is 0 Å². The monoisotopic (exact) mass is 183 g/mol. The Balaban J connectivity index is 1.80. The van der Waals surface area contributed by atoms with Crippen molar-refractivity contribution in [3.05, 3.63) is 0 Å². The van der Waals surface area contributed by atoms with Crippen molar-refractivity contribution in [1.82, 2.24) is 4.90 Å². The van der Waals surface area contributed by atoms with Crippen LogP contribution < -0.4 is 0 Å². The fourth-order valence-corrected chi connectivity index (χ4v) is 2.41. The highest BCUT2D eigenvalue weighted by Crippen LogP contribution is 2.54.